The summed E-state index contributed by atoms with van der Waals surface area (Å²) in [5.41, 5.74) is 1.23. The van der Waals surface area contributed by atoms with Crippen LogP contribution in [-0.2, 0) is 0 Å². The second kappa shape index (κ2) is 2.96. The molecule has 0 bridgehead atoms. The maximum atomic E-state index is 4.35. The van der Waals surface area contributed by atoms with Crippen LogP contribution in [0.2, 0.25) is 0 Å². The quantitative estimate of drug-likeness (QED) is 0.595. The van der Waals surface area contributed by atoms with Gasteiger partial charge in [-0.1, -0.05) is 0 Å². The molecule has 0 aromatic heterocycles. The highest BCUT2D eigenvalue weighted by Crippen LogP contribution is 2.19. The van der Waals surface area contributed by atoms with Crippen LogP contribution in [0.15, 0.2) is 9.98 Å². The predicted octanol–water partition coefficient (Wildman–Crippen LogP) is 1.28. The lowest BCUT2D eigenvalue weighted by Gasteiger charge is -1.94. The zero-order valence-electron chi connectivity index (χ0n) is 5.54. The molecule has 0 spiro atoms. The monoisotopic (exact) mass is 172 g/mol. The molecule has 54 valence electrons. The minimum atomic E-state index is 0.939. The third kappa shape index (κ3) is 1.22. The molecule has 10 heavy (non-hydrogen) atoms. The summed E-state index contributed by atoms with van der Waals surface area (Å²) in [7, 11) is 0. The van der Waals surface area contributed by atoms with Gasteiger partial charge in [0.15, 0.2) is 0 Å². The van der Waals surface area contributed by atoms with Crippen molar-refractivity contribution < 1.29 is 0 Å². The average molecular weight is 172 g/mol. The lowest BCUT2D eigenvalue weighted by atomic mass is 10.4. The van der Waals surface area contributed by atoms with Crippen molar-refractivity contribution >= 4 is 34.3 Å². The maximum absolute atomic E-state index is 4.35. The summed E-state index contributed by atoms with van der Waals surface area (Å²) in [6.45, 7) is 0.990. The van der Waals surface area contributed by atoms with Crippen molar-refractivity contribution in [3.05, 3.63) is 0 Å². The van der Waals surface area contributed by atoms with Gasteiger partial charge in [0.1, 0.15) is 5.04 Å². The Balaban J connectivity index is 2.10. The molecule has 2 aliphatic rings. The van der Waals surface area contributed by atoms with E-state index in [9.17, 15) is 0 Å². The molecule has 0 saturated heterocycles. The summed E-state index contributed by atoms with van der Waals surface area (Å²) in [6.07, 6.45) is 0. The molecule has 2 aliphatic heterocycles. The van der Waals surface area contributed by atoms with Crippen molar-refractivity contribution in [2.45, 2.75) is 0 Å². The Morgan fingerprint density at radius 1 is 1.30 bits per heavy atom. The normalized spacial score (nSPS) is 24.8. The van der Waals surface area contributed by atoms with Crippen LogP contribution in [0.25, 0.3) is 0 Å². The summed E-state index contributed by atoms with van der Waals surface area (Å²) in [5.74, 6) is 3.17. The van der Waals surface area contributed by atoms with Gasteiger partial charge in [0.2, 0.25) is 0 Å². The number of nitrogens with zero attached hydrogens (tertiary/aromatic N) is 2. The van der Waals surface area contributed by atoms with Crippen molar-refractivity contribution in [3.8, 4) is 0 Å². The van der Waals surface area contributed by atoms with E-state index in [1.54, 1.807) is 0 Å². The minimum absolute atomic E-state index is 0.939. The van der Waals surface area contributed by atoms with Gasteiger partial charge in [0, 0.05) is 18.1 Å². The SMILES string of the molecule is C1CSC(C2=NCSC2)=N1. The zero-order valence-corrected chi connectivity index (χ0v) is 7.17. The van der Waals surface area contributed by atoms with Crippen LogP contribution >= 0.6 is 23.5 Å². The van der Waals surface area contributed by atoms with Crippen molar-refractivity contribution in [2.75, 3.05) is 23.9 Å². The van der Waals surface area contributed by atoms with E-state index in [2.05, 4.69) is 9.98 Å². The lowest BCUT2D eigenvalue weighted by Crippen LogP contribution is -2.07. The standard InChI is InChI=1S/C6H8N2S2/c1-2-10-6(7-1)5-3-9-4-8-5/h1-4H2. The largest absolute Gasteiger partial charge is 0.276 e. The first-order valence-corrected chi connectivity index (χ1v) is 5.39. The molecule has 0 atom stereocenters. The molecule has 0 fully saturated rings. The molecule has 0 aromatic rings. The number of thioether (sulfide) groups is 2. The fraction of sp³-hybridized carbons (Fsp3) is 0.667. The van der Waals surface area contributed by atoms with E-state index in [1.165, 1.54) is 10.8 Å². The number of aliphatic imine (C=N–C) groups is 2. The van der Waals surface area contributed by atoms with Crippen molar-refractivity contribution in [2.24, 2.45) is 9.98 Å². The molecule has 0 radical (unpaired) electrons. The van der Waals surface area contributed by atoms with Gasteiger partial charge >= 0.3 is 0 Å². The van der Waals surface area contributed by atoms with Crippen LogP contribution in [0.3, 0.4) is 0 Å². The van der Waals surface area contributed by atoms with E-state index in [0.29, 0.717) is 0 Å². The van der Waals surface area contributed by atoms with Gasteiger partial charge in [-0.2, -0.15) is 0 Å². The predicted molar refractivity (Wildman–Crippen MR) is 49.5 cm³/mol. The van der Waals surface area contributed by atoms with E-state index in [4.69, 9.17) is 0 Å². The first-order valence-electron chi connectivity index (χ1n) is 3.25. The van der Waals surface area contributed by atoms with Crippen LogP contribution in [0.1, 0.15) is 0 Å². The van der Waals surface area contributed by atoms with Gasteiger partial charge in [-0.3, -0.25) is 9.98 Å². The Hall–Kier alpha value is 0.0400. The smallest absolute Gasteiger partial charge is 0.112 e. The van der Waals surface area contributed by atoms with Crippen molar-refractivity contribution in [3.63, 3.8) is 0 Å². The Morgan fingerprint density at radius 3 is 2.90 bits per heavy atom. The molecule has 0 aliphatic carbocycles. The Kier molecular flexibility index (Phi) is 2.00. The van der Waals surface area contributed by atoms with E-state index < -0.39 is 0 Å². The molecule has 0 unspecified atom stereocenters. The third-order valence-corrected chi connectivity index (χ3v) is 3.23. The molecule has 0 saturated carbocycles. The Bertz CT molecular complexity index is 176. The van der Waals surface area contributed by atoms with Gasteiger partial charge < -0.3 is 0 Å². The molecule has 0 N–H and O–H groups in total. The van der Waals surface area contributed by atoms with Crippen LogP contribution in [0.4, 0.5) is 0 Å². The van der Waals surface area contributed by atoms with Crippen LogP contribution < -0.4 is 0 Å². The maximum Gasteiger partial charge on any atom is 0.112 e. The topological polar surface area (TPSA) is 24.7 Å². The first kappa shape index (κ1) is 6.73. The second-order valence-electron chi connectivity index (χ2n) is 2.12. The number of hydrogen-bond donors (Lipinski definition) is 0. The third-order valence-electron chi connectivity index (χ3n) is 1.42. The van der Waals surface area contributed by atoms with E-state index in [-0.39, 0.29) is 0 Å². The van der Waals surface area contributed by atoms with Gasteiger partial charge in [0.05, 0.1) is 11.6 Å². The minimum Gasteiger partial charge on any atom is -0.276 e. The molecule has 2 nitrogen and oxygen atoms in total. The summed E-state index contributed by atoms with van der Waals surface area (Å²) in [4.78, 5) is 8.70. The van der Waals surface area contributed by atoms with Crippen LogP contribution in [0, 0.1) is 0 Å². The van der Waals surface area contributed by atoms with Gasteiger partial charge in [-0.15, -0.1) is 23.5 Å². The van der Waals surface area contributed by atoms with Gasteiger partial charge in [-0.25, -0.2) is 0 Å². The summed E-state index contributed by atoms with van der Waals surface area (Å²) >= 11 is 3.72. The van der Waals surface area contributed by atoms with Crippen molar-refractivity contribution in [1.82, 2.24) is 0 Å². The average Bonchev–Trinajstić information content (AvgIpc) is 2.59. The van der Waals surface area contributed by atoms with Crippen molar-refractivity contribution in [1.29, 1.82) is 0 Å². The molecule has 2 heterocycles. The van der Waals surface area contributed by atoms with Crippen LogP contribution in [0.5, 0.6) is 0 Å². The summed E-state index contributed by atoms with van der Waals surface area (Å²) < 4.78 is 0. The van der Waals surface area contributed by atoms with E-state index in [0.717, 1.165) is 23.9 Å². The van der Waals surface area contributed by atoms with Gasteiger partial charge in [0.25, 0.3) is 0 Å². The highest BCUT2D eigenvalue weighted by Gasteiger charge is 2.16. The molecule has 4 heteroatoms. The van der Waals surface area contributed by atoms with Crippen LogP contribution in [-0.4, -0.2) is 34.7 Å². The highest BCUT2D eigenvalue weighted by molar-refractivity contribution is 8.16. The lowest BCUT2D eigenvalue weighted by molar-refractivity contribution is 1.18. The summed E-state index contributed by atoms with van der Waals surface area (Å²) in [5, 5.41) is 1.20. The second-order valence-corrected chi connectivity index (χ2v) is 4.16. The summed E-state index contributed by atoms with van der Waals surface area (Å²) in [6, 6.07) is 0. The molecular weight excluding hydrogens is 164 g/mol. The molecule has 2 rings (SSSR count). The molecular formula is C6H8N2S2. The highest BCUT2D eigenvalue weighted by atomic mass is 32.2. The fourth-order valence-corrected chi connectivity index (χ4v) is 2.66. The fourth-order valence-electron chi connectivity index (χ4n) is 0.951. The number of rotatable bonds is 1. The first-order chi connectivity index (χ1) is 4.97. The molecule has 0 aromatic carbocycles. The van der Waals surface area contributed by atoms with E-state index in [1.807, 2.05) is 23.5 Å². The number of hydrogen-bond acceptors (Lipinski definition) is 4. The zero-order chi connectivity index (χ0) is 6.81. The Labute approximate surface area is 68.6 Å². The van der Waals surface area contributed by atoms with E-state index >= 15 is 0 Å². The van der Waals surface area contributed by atoms with Gasteiger partial charge in [-0.05, 0) is 0 Å². The Morgan fingerprint density at radius 2 is 2.30 bits per heavy atom. The molecule has 0 amide bonds.